The molecule has 1 heterocycles. The Kier molecular flexibility index (Phi) is 5.36. The molecule has 0 spiro atoms. The van der Waals surface area contributed by atoms with Crippen molar-refractivity contribution >= 4 is 28.2 Å². The van der Waals surface area contributed by atoms with Crippen molar-refractivity contribution in [3.05, 3.63) is 16.0 Å². The number of primary amides is 1. The van der Waals surface area contributed by atoms with Gasteiger partial charge >= 0.3 is 0 Å². The minimum absolute atomic E-state index is 0.0247. The van der Waals surface area contributed by atoms with E-state index in [0.29, 0.717) is 22.9 Å². The first-order valence-corrected chi connectivity index (χ1v) is 9.71. The fourth-order valence-corrected chi connectivity index (χ4v) is 5.23. The lowest BCUT2D eigenvalue weighted by Gasteiger charge is -2.20. The van der Waals surface area contributed by atoms with Crippen molar-refractivity contribution in [2.24, 2.45) is 11.7 Å². The van der Waals surface area contributed by atoms with Gasteiger partial charge in [0.2, 0.25) is 5.91 Å². The zero-order valence-corrected chi connectivity index (χ0v) is 14.5. The summed E-state index contributed by atoms with van der Waals surface area (Å²) in [5.74, 6) is 0.310. The number of carbonyl (C=O) groups excluding carboxylic acids is 2. The van der Waals surface area contributed by atoms with Crippen LogP contribution in [0.1, 0.15) is 78.6 Å². The van der Waals surface area contributed by atoms with Gasteiger partial charge in [-0.2, -0.15) is 0 Å². The van der Waals surface area contributed by atoms with Crippen molar-refractivity contribution in [3.63, 3.8) is 0 Å². The van der Waals surface area contributed by atoms with Crippen molar-refractivity contribution in [2.45, 2.75) is 70.6 Å². The van der Waals surface area contributed by atoms with E-state index in [1.807, 2.05) is 0 Å². The molecule has 0 unspecified atom stereocenters. The van der Waals surface area contributed by atoms with Gasteiger partial charge in [0.05, 0.1) is 5.56 Å². The lowest BCUT2D eigenvalue weighted by atomic mass is 9.86. The summed E-state index contributed by atoms with van der Waals surface area (Å²) in [5, 5.41) is 3.65. The minimum Gasteiger partial charge on any atom is -0.365 e. The Bertz CT molecular complexity index is 588. The molecule has 3 N–H and O–H groups in total. The summed E-state index contributed by atoms with van der Waals surface area (Å²) in [5.41, 5.74) is 7.21. The fourth-order valence-electron chi connectivity index (χ4n) is 3.91. The third-order valence-electron chi connectivity index (χ3n) is 5.18. The molecule has 0 aliphatic heterocycles. The second kappa shape index (κ2) is 7.47. The highest BCUT2D eigenvalue weighted by Gasteiger charge is 2.25. The molecule has 126 valence electrons. The molecule has 1 saturated carbocycles. The molecule has 1 aromatic heterocycles. The summed E-state index contributed by atoms with van der Waals surface area (Å²) >= 11 is 1.55. The van der Waals surface area contributed by atoms with Gasteiger partial charge in [-0.25, -0.2) is 0 Å². The molecule has 2 amide bonds. The van der Waals surface area contributed by atoms with Crippen molar-refractivity contribution in [3.8, 4) is 0 Å². The van der Waals surface area contributed by atoms with Crippen LogP contribution >= 0.6 is 11.3 Å². The summed E-state index contributed by atoms with van der Waals surface area (Å²) in [7, 11) is 0. The van der Waals surface area contributed by atoms with Crippen LogP contribution in [0.3, 0.4) is 0 Å². The molecule has 0 saturated heterocycles. The Morgan fingerprint density at radius 2 is 1.83 bits per heavy atom. The molecule has 0 aromatic carbocycles. The number of nitrogens with two attached hydrogens (primary N) is 1. The second-order valence-electron chi connectivity index (χ2n) is 6.87. The zero-order chi connectivity index (χ0) is 16.2. The Balaban J connectivity index is 1.63. The number of aryl methyl sites for hydroxylation is 1. The van der Waals surface area contributed by atoms with Crippen LogP contribution in [0.25, 0.3) is 0 Å². The molecule has 23 heavy (non-hydrogen) atoms. The number of hydrogen-bond acceptors (Lipinski definition) is 3. The van der Waals surface area contributed by atoms with Crippen LogP contribution in [-0.2, 0) is 17.6 Å². The molecule has 2 aliphatic carbocycles. The van der Waals surface area contributed by atoms with Gasteiger partial charge in [0, 0.05) is 11.3 Å². The minimum atomic E-state index is -0.410. The number of nitrogens with one attached hydrogen (secondary N) is 1. The Hall–Kier alpha value is -1.36. The Morgan fingerprint density at radius 1 is 1.09 bits per heavy atom. The molecule has 4 nitrogen and oxygen atoms in total. The van der Waals surface area contributed by atoms with Gasteiger partial charge in [0.15, 0.2) is 0 Å². The number of hydrogen-bond donors (Lipinski definition) is 2. The predicted molar refractivity (Wildman–Crippen MR) is 93.9 cm³/mol. The van der Waals surface area contributed by atoms with Gasteiger partial charge in [-0.1, -0.05) is 32.1 Å². The van der Waals surface area contributed by atoms with E-state index in [1.54, 1.807) is 11.3 Å². The fraction of sp³-hybridized carbons (Fsp3) is 0.667. The van der Waals surface area contributed by atoms with Crippen LogP contribution in [0.15, 0.2) is 0 Å². The molecule has 3 rings (SSSR count). The van der Waals surface area contributed by atoms with Crippen molar-refractivity contribution in [2.75, 3.05) is 5.32 Å². The highest BCUT2D eigenvalue weighted by Crippen LogP contribution is 2.38. The van der Waals surface area contributed by atoms with Crippen LogP contribution in [0.4, 0.5) is 5.00 Å². The molecule has 5 heteroatoms. The van der Waals surface area contributed by atoms with E-state index in [-0.39, 0.29) is 5.91 Å². The first-order chi connectivity index (χ1) is 11.1. The van der Waals surface area contributed by atoms with Gasteiger partial charge in [0.25, 0.3) is 5.91 Å². The zero-order valence-electron chi connectivity index (χ0n) is 13.7. The molecule has 1 aromatic rings. The van der Waals surface area contributed by atoms with Gasteiger partial charge in [-0.15, -0.1) is 11.3 Å². The number of fused-ring (bicyclic) bond motifs is 1. The first-order valence-electron chi connectivity index (χ1n) is 8.89. The summed E-state index contributed by atoms with van der Waals surface area (Å²) in [6.45, 7) is 0. The molecule has 0 atom stereocenters. The van der Waals surface area contributed by atoms with Crippen LogP contribution in [0.5, 0.6) is 0 Å². The summed E-state index contributed by atoms with van der Waals surface area (Å²) in [4.78, 5) is 25.3. The maximum atomic E-state index is 12.3. The van der Waals surface area contributed by atoms with Crippen molar-refractivity contribution in [1.29, 1.82) is 0 Å². The van der Waals surface area contributed by atoms with E-state index in [2.05, 4.69) is 5.32 Å². The lowest BCUT2D eigenvalue weighted by Crippen LogP contribution is -2.19. The number of anilines is 1. The standard InChI is InChI=1S/C18H26N2O2S/c19-17(22)16-13-8-4-5-9-14(13)23-18(16)20-15(21)11-10-12-6-2-1-3-7-12/h12H,1-11H2,(H2,19,22)(H,20,21). The van der Waals surface area contributed by atoms with E-state index >= 15 is 0 Å². The number of thiophene rings is 1. The van der Waals surface area contributed by atoms with Gasteiger partial charge in [0.1, 0.15) is 5.00 Å². The van der Waals surface area contributed by atoms with Crippen molar-refractivity contribution < 1.29 is 9.59 Å². The Labute approximate surface area is 141 Å². The van der Waals surface area contributed by atoms with Crippen LogP contribution in [0.2, 0.25) is 0 Å². The molecule has 1 fully saturated rings. The third kappa shape index (κ3) is 3.94. The van der Waals surface area contributed by atoms with Gasteiger partial charge in [-0.3, -0.25) is 9.59 Å². The third-order valence-corrected chi connectivity index (χ3v) is 6.38. The summed E-state index contributed by atoms with van der Waals surface area (Å²) < 4.78 is 0. The molecular weight excluding hydrogens is 308 g/mol. The van der Waals surface area contributed by atoms with E-state index in [9.17, 15) is 9.59 Å². The van der Waals surface area contributed by atoms with E-state index in [1.165, 1.54) is 37.0 Å². The molecule has 2 aliphatic rings. The number of amides is 2. The maximum Gasteiger partial charge on any atom is 0.251 e. The van der Waals surface area contributed by atoms with E-state index < -0.39 is 5.91 Å². The maximum absolute atomic E-state index is 12.3. The monoisotopic (exact) mass is 334 g/mol. The molecule has 0 radical (unpaired) electrons. The first kappa shape index (κ1) is 16.5. The van der Waals surface area contributed by atoms with Gasteiger partial charge < -0.3 is 11.1 Å². The van der Waals surface area contributed by atoms with Crippen LogP contribution in [0, 0.1) is 5.92 Å². The lowest BCUT2D eigenvalue weighted by molar-refractivity contribution is -0.116. The highest BCUT2D eigenvalue weighted by atomic mass is 32.1. The number of rotatable bonds is 5. The van der Waals surface area contributed by atoms with Crippen LogP contribution in [-0.4, -0.2) is 11.8 Å². The highest BCUT2D eigenvalue weighted by molar-refractivity contribution is 7.17. The van der Waals surface area contributed by atoms with Crippen LogP contribution < -0.4 is 11.1 Å². The summed E-state index contributed by atoms with van der Waals surface area (Å²) in [6, 6.07) is 0. The number of carbonyl (C=O) groups is 2. The normalized spacial score (nSPS) is 18.4. The topological polar surface area (TPSA) is 72.2 Å². The molecular formula is C18H26N2O2S. The average molecular weight is 334 g/mol. The molecule has 0 bridgehead atoms. The Morgan fingerprint density at radius 3 is 2.57 bits per heavy atom. The van der Waals surface area contributed by atoms with E-state index in [0.717, 1.165) is 37.7 Å². The van der Waals surface area contributed by atoms with E-state index in [4.69, 9.17) is 5.73 Å². The second-order valence-corrected chi connectivity index (χ2v) is 7.98. The van der Waals surface area contributed by atoms with Crippen molar-refractivity contribution in [1.82, 2.24) is 0 Å². The quantitative estimate of drug-likeness (QED) is 0.853. The SMILES string of the molecule is NC(=O)c1c(NC(=O)CCC2CCCCC2)sc2c1CCCC2. The summed E-state index contributed by atoms with van der Waals surface area (Å²) in [6.07, 6.45) is 12.1. The predicted octanol–water partition coefficient (Wildman–Crippen LogP) is 4.02. The van der Waals surface area contributed by atoms with Gasteiger partial charge in [-0.05, 0) is 43.6 Å². The average Bonchev–Trinajstić information content (AvgIpc) is 2.91. The smallest absolute Gasteiger partial charge is 0.251 e. The largest absolute Gasteiger partial charge is 0.365 e.